The predicted molar refractivity (Wildman–Crippen MR) is 88.6 cm³/mol. The van der Waals surface area contributed by atoms with Crippen LogP contribution in [0.3, 0.4) is 0 Å². The van der Waals surface area contributed by atoms with Gasteiger partial charge in [-0.25, -0.2) is 8.42 Å². The summed E-state index contributed by atoms with van der Waals surface area (Å²) in [4.78, 5) is 12.2. The Bertz CT molecular complexity index is 635. The lowest BCUT2D eigenvalue weighted by Gasteiger charge is -2.21. The molecule has 0 bridgehead atoms. The summed E-state index contributed by atoms with van der Waals surface area (Å²) in [5.74, 6) is 0.416. The molecular formula is C16H24N2O3S. The molecule has 1 aromatic rings. The normalized spacial score (nSPS) is 16.3. The second-order valence-electron chi connectivity index (χ2n) is 6.12. The molecule has 122 valence electrons. The molecule has 0 aliphatic heterocycles. The third-order valence-corrected chi connectivity index (χ3v) is 4.66. The average Bonchev–Trinajstić information content (AvgIpc) is 2.47. The standard InChI is InChI=1S/C16H24N2O3S/c1-12-8-9-14(10-15(12)18-22(2,20)21)16(19)17-11-13-6-4-3-5-7-13/h8-10,13,18H,3-7,11H2,1-2H3,(H,17,19). The van der Waals surface area contributed by atoms with Crippen molar-refractivity contribution in [1.29, 1.82) is 0 Å². The van der Waals surface area contributed by atoms with Gasteiger partial charge < -0.3 is 5.32 Å². The summed E-state index contributed by atoms with van der Waals surface area (Å²) in [6.07, 6.45) is 7.23. The second-order valence-corrected chi connectivity index (χ2v) is 7.87. The van der Waals surface area contributed by atoms with E-state index >= 15 is 0 Å². The molecule has 0 unspecified atom stereocenters. The maximum Gasteiger partial charge on any atom is 0.251 e. The lowest BCUT2D eigenvalue weighted by molar-refractivity contribution is 0.0943. The van der Waals surface area contributed by atoms with E-state index in [1.807, 2.05) is 0 Å². The molecule has 1 fully saturated rings. The van der Waals surface area contributed by atoms with Crippen LogP contribution in [0.25, 0.3) is 0 Å². The summed E-state index contributed by atoms with van der Waals surface area (Å²) in [5.41, 5.74) is 1.72. The molecule has 0 aromatic heterocycles. The molecule has 0 saturated heterocycles. The molecule has 5 nitrogen and oxygen atoms in total. The van der Waals surface area contributed by atoms with Crippen LogP contribution in [-0.2, 0) is 10.0 Å². The van der Waals surface area contributed by atoms with Gasteiger partial charge in [-0.1, -0.05) is 25.3 Å². The first-order valence-electron chi connectivity index (χ1n) is 7.72. The zero-order valence-corrected chi connectivity index (χ0v) is 14.0. The topological polar surface area (TPSA) is 75.3 Å². The van der Waals surface area contributed by atoms with Crippen LogP contribution in [0.5, 0.6) is 0 Å². The number of anilines is 1. The Morgan fingerprint density at radius 1 is 1.23 bits per heavy atom. The number of aryl methyl sites for hydroxylation is 1. The second kappa shape index (κ2) is 7.13. The lowest BCUT2D eigenvalue weighted by atomic mass is 9.89. The highest BCUT2D eigenvalue weighted by Crippen LogP contribution is 2.23. The van der Waals surface area contributed by atoms with E-state index in [-0.39, 0.29) is 5.91 Å². The van der Waals surface area contributed by atoms with Crippen LogP contribution in [0.2, 0.25) is 0 Å². The van der Waals surface area contributed by atoms with Crippen molar-refractivity contribution in [2.75, 3.05) is 17.5 Å². The Hall–Kier alpha value is -1.56. The van der Waals surface area contributed by atoms with Crippen LogP contribution in [-0.4, -0.2) is 27.1 Å². The van der Waals surface area contributed by atoms with E-state index in [0.717, 1.165) is 11.8 Å². The molecule has 22 heavy (non-hydrogen) atoms. The number of rotatable bonds is 5. The van der Waals surface area contributed by atoms with Gasteiger partial charge in [0.05, 0.1) is 11.9 Å². The van der Waals surface area contributed by atoms with Gasteiger partial charge in [-0.15, -0.1) is 0 Å². The Morgan fingerprint density at radius 2 is 1.91 bits per heavy atom. The van der Waals surface area contributed by atoms with Gasteiger partial charge in [0.15, 0.2) is 0 Å². The Kier molecular flexibility index (Phi) is 5.45. The number of amides is 1. The van der Waals surface area contributed by atoms with Crippen LogP contribution in [0, 0.1) is 12.8 Å². The summed E-state index contributed by atoms with van der Waals surface area (Å²) < 4.78 is 25.2. The van der Waals surface area contributed by atoms with Crippen LogP contribution < -0.4 is 10.0 Å². The number of benzene rings is 1. The summed E-state index contributed by atoms with van der Waals surface area (Å²) in [6.45, 7) is 2.50. The van der Waals surface area contributed by atoms with E-state index in [9.17, 15) is 13.2 Å². The van der Waals surface area contributed by atoms with Crippen molar-refractivity contribution in [3.63, 3.8) is 0 Å². The summed E-state index contributed by atoms with van der Waals surface area (Å²) in [7, 11) is -3.35. The van der Waals surface area contributed by atoms with Crippen molar-refractivity contribution >= 4 is 21.6 Å². The number of hydrogen-bond acceptors (Lipinski definition) is 3. The largest absolute Gasteiger partial charge is 0.352 e. The van der Waals surface area contributed by atoms with Crippen molar-refractivity contribution in [3.05, 3.63) is 29.3 Å². The quantitative estimate of drug-likeness (QED) is 0.874. The highest BCUT2D eigenvalue weighted by molar-refractivity contribution is 7.92. The molecule has 1 aliphatic carbocycles. The molecule has 0 spiro atoms. The number of sulfonamides is 1. The minimum absolute atomic E-state index is 0.151. The van der Waals surface area contributed by atoms with Crippen LogP contribution >= 0.6 is 0 Å². The smallest absolute Gasteiger partial charge is 0.251 e. The highest BCUT2D eigenvalue weighted by atomic mass is 32.2. The van der Waals surface area contributed by atoms with E-state index in [0.29, 0.717) is 23.7 Å². The van der Waals surface area contributed by atoms with E-state index in [1.165, 1.54) is 32.1 Å². The Morgan fingerprint density at radius 3 is 2.55 bits per heavy atom. The predicted octanol–water partition coefficient (Wildman–Crippen LogP) is 2.68. The summed E-state index contributed by atoms with van der Waals surface area (Å²) >= 11 is 0. The van der Waals surface area contributed by atoms with E-state index < -0.39 is 10.0 Å². The van der Waals surface area contributed by atoms with Gasteiger partial charge in [-0.05, 0) is 43.4 Å². The zero-order chi connectivity index (χ0) is 16.2. The minimum atomic E-state index is -3.35. The Labute approximate surface area is 132 Å². The molecule has 1 saturated carbocycles. The van der Waals surface area contributed by atoms with Gasteiger partial charge in [0, 0.05) is 12.1 Å². The maximum absolute atomic E-state index is 12.2. The molecule has 6 heteroatoms. The van der Waals surface area contributed by atoms with Gasteiger partial charge >= 0.3 is 0 Å². The minimum Gasteiger partial charge on any atom is -0.352 e. The number of carbonyl (C=O) groups excluding carboxylic acids is 1. The molecule has 2 N–H and O–H groups in total. The number of nitrogens with one attached hydrogen (secondary N) is 2. The summed E-state index contributed by atoms with van der Waals surface area (Å²) in [6, 6.07) is 5.06. The van der Waals surface area contributed by atoms with E-state index in [2.05, 4.69) is 10.0 Å². The molecule has 1 amide bonds. The fourth-order valence-electron chi connectivity index (χ4n) is 2.80. The summed E-state index contributed by atoms with van der Waals surface area (Å²) in [5, 5.41) is 2.96. The molecule has 1 aromatic carbocycles. The van der Waals surface area contributed by atoms with Gasteiger partial charge in [-0.2, -0.15) is 0 Å². The average molecular weight is 324 g/mol. The van der Waals surface area contributed by atoms with E-state index in [4.69, 9.17) is 0 Å². The SMILES string of the molecule is Cc1ccc(C(=O)NCC2CCCCC2)cc1NS(C)(=O)=O. The van der Waals surface area contributed by atoms with Crippen molar-refractivity contribution in [1.82, 2.24) is 5.32 Å². The first-order valence-corrected chi connectivity index (χ1v) is 9.61. The molecule has 0 radical (unpaired) electrons. The van der Waals surface area contributed by atoms with Crippen molar-refractivity contribution in [3.8, 4) is 0 Å². The van der Waals surface area contributed by atoms with Crippen molar-refractivity contribution < 1.29 is 13.2 Å². The fourth-order valence-corrected chi connectivity index (χ4v) is 3.42. The molecule has 0 atom stereocenters. The molecular weight excluding hydrogens is 300 g/mol. The van der Waals surface area contributed by atoms with Gasteiger partial charge in [0.1, 0.15) is 0 Å². The first kappa shape index (κ1) is 16.8. The fraction of sp³-hybridized carbons (Fsp3) is 0.562. The Balaban J connectivity index is 2.01. The van der Waals surface area contributed by atoms with Gasteiger partial charge in [-0.3, -0.25) is 9.52 Å². The van der Waals surface area contributed by atoms with Crippen molar-refractivity contribution in [2.24, 2.45) is 5.92 Å². The van der Waals surface area contributed by atoms with Crippen molar-refractivity contribution in [2.45, 2.75) is 39.0 Å². The first-order chi connectivity index (χ1) is 10.3. The van der Waals surface area contributed by atoms with Gasteiger partial charge in [0.25, 0.3) is 5.91 Å². The number of carbonyl (C=O) groups is 1. The third kappa shape index (κ3) is 5.02. The lowest BCUT2D eigenvalue weighted by Crippen LogP contribution is -2.30. The maximum atomic E-state index is 12.2. The third-order valence-electron chi connectivity index (χ3n) is 4.07. The van der Waals surface area contributed by atoms with Crippen LogP contribution in [0.1, 0.15) is 48.0 Å². The number of hydrogen-bond donors (Lipinski definition) is 2. The zero-order valence-electron chi connectivity index (χ0n) is 13.2. The van der Waals surface area contributed by atoms with E-state index in [1.54, 1.807) is 25.1 Å². The van der Waals surface area contributed by atoms with Crippen LogP contribution in [0.15, 0.2) is 18.2 Å². The molecule has 2 rings (SSSR count). The van der Waals surface area contributed by atoms with Crippen LogP contribution in [0.4, 0.5) is 5.69 Å². The molecule has 1 aliphatic rings. The molecule has 0 heterocycles. The monoisotopic (exact) mass is 324 g/mol. The van der Waals surface area contributed by atoms with Gasteiger partial charge in [0.2, 0.25) is 10.0 Å². The highest BCUT2D eigenvalue weighted by Gasteiger charge is 2.15.